The van der Waals surface area contributed by atoms with Gasteiger partial charge in [0.1, 0.15) is 34.5 Å². The molecular formula is C31H58N2O11S2. The highest BCUT2D eigenvalue weighted by Gasteiger charge is 2.46. The topological polar surface area (TPSA) is 158 Å². The maximum atomic E-state index is 12.4. The Morgan fingerprint density at radius 3 is 1.26 bits per heavy atom. The molecular weight excluding hydrogens is 640 g/mol. The molecule has 0 radical (unpaired) electrons. The van der Waals surface area contributed by atoms with Crippen molar-refractivity contribution in [3.8, 4) is 0 Å². The Kier molecular flexibility index (Phi) is 17.6. The zero-order chi connectivity index (χ0) is 34.4. The van der Waals surface area contributed by atoms with Gasteiger partial charge in [0.25, 0.3) is 0 Å². The molecule has 4 atom stereocenters. The highest BCUT2D eigenvalue weighted by atomic mass is 32.1. The van der Waals surface area contributed by atoms with Gasteiger partial charge in [0, 0.05) is 25.6 Å². The van der Waals surface area contributed by atoms with Crippen LogP contribution in [0, 0.1) is 11.8 Å². The number of rotatable bonds is 4. The third-order valence-corrected chi connectivity index (χ3v) is 6.10. The average molecular weight is 699 g/mol. The van der Waals surface area contributed by atoms with Crippen molar-refractivity contribution in [3.05, 3.63) is 0 Å². The second kappa shape index (κ2) is 17.7. The molecule has 2 heterocycles. The van der Waals surface area contributed by atoms with Crippen molar-refractivity contribution >= 4 is 57.1 Å². The summed E-state index contributed by atoms with van der Waals surface area (Å²) in [7, 11) is 1.28. The summed E-state index contributed by atoms with van der Waals surface area (Å²) in [6.45, 7) is 21.4. The lowest BCUT2D eigenvalue weighted by Crippen LogP contribution is -2.45. The lowest BCUT2D eigenvalue weighted by atomic mass is 10.1. The van der Waals surface area contributed by atoms with E-state index in [1.54, 1.807) is 83.1 Å². The molecule has 2 fully saturated rings. The zero-order valence-electron chi connectivity index (χ0n) is 29.8. The van der Waals surface area contributed by atoms with Crippen molar-refractivity contribution in [2.24, 2.45) is 11.8 Å². The van der Waals surface area contributed by atoms with Gasteiger partial charge in [0.2, 0.25) is 0 Å². The normalized spacial score (nSPS) is 21.4. The minimum Gasteiger partial charge on any atom is -0.469 e. The maximum Gasteiger partial charge on any atom is 0.411 e. The van der Waals surface area contributed by atoms with Crippen LogP contribution in [0.5, 0.6) is 0 Å². The second-order valence-corrected chi connectivity index (χ2v) is 15.1. The van der Waals surface area contributed by atoms with Crippen LogP contribution < -0.4 is 0 Å². The van der Waals surface area contributed by atoms with E-state index in [0.717, 1.165) is 0 Å². The van der Waals surface area contributed by atoms with E-state index in [1.165, 1.54) is 16.9 Å². The molecule has 0 aromatic rings. The summed E-state index contributed by atoms with van der Waals surface area (Å²) in [6, 6.07) is -1.55. The molecule has 2 saturated heterocycles. The zero-order valence-corrected chi connectivity index (χ0v) is 31.8. The number of ether oxygens (including phenoxy) is 5. The number of amides is 2. The number of methoxy groups -OCH3 is 1. The summed E-state index contributed by atoms with van der Waals surface area (Å²) in [5, 5.41) is 9.30. The van der Waals surface area contributed by atoms with Gasteiger partial charge in [-0.2, -0.15) is 27.0 Å². The van der Waals surface area contributed by atoms with Gasteiger partial charge in [0.05, 0.1) is 13.0 Å². The van der Waals surface area contributed by atoms with Crippen LogP contribution in [0.1, 0.15) is 95.9 Å². The quantitative estimate of drug-likeness (QED) is 0.330. The molecule has 13 nitrogen and oxygen atoms in total. The molecule has 1 N–H and O–H groups in total. The van der Waals surface area contributed by atoms with Crippen LogP contribution in [-0.2, 0) is 38.1 Å². The van der Waals surface area contributed by atoms with Gasteiger partial charge in [-0.1, -0.05) is 0 Å². The van der Waals surface area contributed by atoms with Crippen LogP contribution in [0.15, 0.2) is 0 Å². The Morgan fingerprint density at radius 2 is 0.935 bits per heavy atom. The van der Waals surface area contributed by atoms with Gasteiger partial charge in [-0.3, -0.25) is 14.6 Å². The van der Waals surface area contributed by atoms with Gasteiger partial charge in [-0.25, -0.2) is 19.2 Å². The second-order valence-electron chi connectivity index (χ2n) is 15.1. The van der Waals surface area contributed by atoms with Crippen molar-refractivity contribution in [2.45, 2.75) is 130 Å². The van der Waals surface area contributed by atoms with Crippen molar-refractivity contribution in [1.29, 1.82) is 0 Å². The third-order valence-electron chi connectivity index (χ3n) is 6.10. The minimum atomic E-state index is -0.854. The summed E-state index contributed by atoms with van der Waals surface area (Å²) < 4.78 is 26.1. The highest BCUT2D eigenvalue weighted by Crippen LogP contribution is 2.29. The average Bonchev–Trinajstić information content (AvgIpc) is 3.45. The van der Waals surface area contributed by atoms with E-state index in [1.807, 2.05) is 0 Å². The van der Waals surface area contributed by atoms with Crippen LogP contribution in [0.25, 0.3) is 0 Å². The predicted molar refractivity (Wildman–Crippen MR) is 181 cm³/mol. The van der Waals surface area contributed by atoms with E-state index in [2.05, 4.69) is 0 Å². The van der Waals surface area contributed by atoms with E-state index >= 15 is 0 Å². The van der Waals surface area contributed by atoms with Crippen LogP contribution in [-0.4, -0.2) is 106 Å². The Morgan fingerprint density at radius 1 is 0.587 bits per heavy atom. The monoisotopic (exact) mass is 698 g/mol. The lowest BCUT2D eigenvalue weighted by molar-refractivity contribution is -0.161. The van der Waals surface area contributed by atoms with E-state index in [-0.39, 0.29) is 52.5 Å². The van der Waals surface area contributed by atoms with Crippen molar-refractivity contribution in [2.75, 3.05) is 26.8 Å². The van der Waals surface area contributed by atoms with Crippen LogP contribution in [0.4, 0.5) is 9.59 Å². The molecule has 270 valence electrons. The summed E-state index contributed by atoms with van der Waals surface area (Å²) >= 11 is 0. The van der Waals surface area contributed by atoms with E-state index in [4.69, 9.17) is 23.7 Å². The van der Waals surface area contributed by atoms with E-state index < -0.39 is 70.5 Å². The number of carbonyl (C=O) groups excluding carboxylic acids is 5. The number of aliphatic hydroxyl groups excluding tert-OH is 1. The Bertz CT molecular complexity index is 971. The Labute approximate surface area is 288 Å². The smallest absolute Gasteiger partial charge is 0.411 e. The molecule has 15 heteroatoms. The fourth-order valence-electron chi connectivity index (χ4n) is 4.46. The standard InChI is InChI=1S/C16H27NO6.C15H27NO5.2H2S/c1-15(2,3)22-13(19)11-8-10(12(18)21-7)9-17(11)14(20)23-16(4,5)6;1-14(2,3)20-12(18)11-7-10(9-17)8-16(11)13(19)21-15(4,5)6;;/h10-11H,8-9H2,1-7H3;10-11,17H,7-9H2,1-6H3;2*1H2/t2*10-,11-;;/m00../s1. The number of likely N-dealkylation sites (tertiary alicyclic amines) is 2. The fraction of sp³-hybridized carbons (Fsp3) is 0.839. The molecule has 0 aromatic heterocycles. The first kappa shape index (κ1) is 45.7. The predicted octanol–water partition coefficient (Wildman–Crippen LogP) is 4.30. The lowest BCUT2D eigenvalue weighted by Gasteiger charge is -2.29. The van der Waals surface area contributed by atoms with Crippen LogP contribution in [0.3, 0.4) is 0 Å². The summed E-state index contributed by atoms with van der Waals surface area (Å²) in [5.41, 5.74) is -2.63. The number of carbonyl (C=O) groups is 5. The molecule has 0 bridgehead atoms. The van der Waals surface area contributed by atoms with Crippen molar-refractivity contribution in [3.63, 3.8) is 0 Å². The third kappa shape index (κ3) is 15.9. The molecule has 2 aliphatic rings. The fourth-order valence-corrected chi connectivity index (χ4v) is 4.46. The van der Waals surface area contributed by atoms with Crippen LogP contribution >= 0.6 is 27.0 Å². The number of hydrogen-bond acceptors (Lipinski definition) is 11. The number of aliphatic hydroxyl groups is 1. The van der Waals surface area contributed by atoms with Gasteiger partial charge < -0.3 is 28.8 Å². The van der Waals surface area contributed by atoms with Gasteiger partial charge in [-0.05, 0) is 95.9 Å². The van der Waals surface area contributed by atoms with Gasteiger partial charge >= 0.3 is 30.1 Å². The summed E-state index contributed by atoms with van der Waals surface area (Å²) in [4.78, 5) is 63.6. The number of hydrogen-bond donors (Lipinski definition) is 1. The molecule has 2 rings (SSSR count). The van der Waals surface area contributed by atoms with Gasteiger partial charge in [0.15, 0.2) is 0 Å². The molecule has 2 amide bonds. The molecule has 2 aliphatic heterocycles. The Balaban J connectivity index is 0. The first-order valence-electron chi connectivity index (χ1n) is 14.9. The SMILES string of the molecule is CC(C)(C)OC(=O)[C@@H]1C[C@H](CO)CN1C(=O)OC(C)(C)C.COC(=O)[C@H]1C[C@@H](C(=O)OC(C)(C)C)N(C(=O)OC(C)(C)C)C1.S.S. The van der Waals surface area contributed by atoms with Crippen molar-refractivity contribution < 1.29 is 52.8 Å². The molecule has 0 aromatic carbocycles. The molecule has 0 spiro atoms. The molecule has 46 heavy (non-hydrogen) atoms. The van der Waals surface area contributed by atoms with E-state index in [9.17, 15) is 29.1 Å². The molecule has 0 aliphatic carbocycles. The first-order chi connectivity index (χ1) is 19.8. The summed E-state index contributed by atoms with van der Waals surface area (Å²) in [5.74, 6) is -2.15. The molecule has 0 unspecified atom stereocenters. The number of nitrogens with zero attached hydrogens (tertiary/aromatic N) is 2. The first-order valence-corrected chi connectivity index (χ1v) is 14.9. The van der Waals surface area contributed by atoms with E-state index in [0.29, 0.717) is 13.0 Å². The highest BCUT2D eigenvalue weighted by molar-refractivity contribution is 7.59. The Hall–Kier alpha value is -2.39. The summed E-state index contributed by atoms with van der Waals surface area (Å²) in [6.07, 6.45) is -0.625. The number of esters is 3. The largest absolute Gasteiger partial charge is 0.469 e. The minimum absolute atomic E-state index is 0. The van der Waals surface area contributed by atoms with Crippen LogP contribution in [0.2, 0.25) is 0 Å². The molecule has 0 saturated carbocycles. The van der Waals surface area contributed by atoms with Gasteiger partial charge in [-0.15, -0.1) is 0 Å². The maximum absolute atomic E-state index is 12.4. The van der Waals surface area contributed by atoms with Crippen molar-refractivity contribution in [1.82, 2.24) is 9.80 Å².